The number of ether oxygens (including phenoxy) is 1. The quantitative estimate of drug-likeness (QED) is 0.878. The topological polar surface area (TPSA) is 81.4 Å². The van der Waals surface area contributed by atoms with Gasteiger partial charge in [0, 0.05) is 0 Å². The highest BCUT2D eigenvalue weighted by atomic mass is 79.9. The van der Waals surface area contributed by atoms with Crippen molar-refractivity contribution in [3.05, 3.63) is 15.4 Å². The minimum Gasteiger partial charge on any atom is -0.444 e. The first kappa shape index (κ1) is 14.0. The molecule has 0 aromatic carbocycles. The lowest BCUT2D eigenvalue weighted by atomic mass is 10.2. The molecule has 2 amide bonds. The van der Waals surface area contributed by atoms with E-state index in [2.05, 4.69) is 21.2 Å². The van der Waals surface area contributed by atoms with Crippen molar-refractivity contribution in [1.82, 2.24) is 0 Å². The second kappa shape index (κ2) is 5.05. The van der Waals surface area contributed by atoms with E-state index in [4.69, 9.17) is 10.5 Å². The summed E-state index contributed by atoms with van der Waals surface area (Å²) in [4.78, 5) is 22.6. The van der Waals surface area contributed by atoms with E-state index in [1.807, 2.05) is 0 Å². The van der Waals surface area contributed by atoms with Crippen LogP contribution in [-0.4, -0.2) is 17.6 Å². The molecule has 0 spiro atoms. The predicted molar refractivity (Wildman–Crippen MR) is 70.4 cm³/mol. The van der Waals surface area contributed by atoms with Gasteiger partial charge in [0.25, 0.3) is 5.91 Å². The average Bonchev–Trinajstić information content (AvgIpc) is 2.42. The number of rotatable bonds is 2. The fraction of sp³-hybridized carbons (Fsp3) is 0.400. The van der Waals surface area contributed by atoms with E-state index in [1.165, 1.54) is 11.3 Å². The molecular weight excluding hydrogens is 308 g/mol. The first-order chi connectivity index (χ1) is 7.69. The number of thiophene rings is 1. The lowest BCUT2D eigenvalue weighted by Crippen LogP contribution is -2.27. The van der Waals surface area contributed by atoms with Gasteiger partial charge in [0.1, 0.15) is 10.6 Å². The van der Waals surface area contributed by atoms with Crippen LogP contribution in [0, 0.1) is 0 Å². The van der Waals surface area contributed by atoms with Crippen molar-refractivity contribution in [3.8, 4) is 0 Å². The average molecular weight is 321 g/mol. The van der Waals surface area contributed by atoms with Crippen molar-refractivity contribution in [2.75, 3.05) is 5.32 Å². The Morgan fingerprint density at radius 3 is 2.53 bits per heavy atom. The Bertz CT molecular complexity index is 451. The van der Waals surface area contributed by atoms with E-state index < -0.39 is 17.6 Å². The summed E-state index contributed by atoms with van der Waals surface area (Å²) in [5.74, 6) is -0.599. The maximum atomic E-state index is 11.5. The molecule has 0 saturated heterocycles. The highest BCUT2D eigenvalue weighted by Crippen LogP contribution is 2.32. The van der Waals surface area contributed by atoms with E-state index in [9.17, 15) is 9.59 Å². The van der Waals surface area contributed by atoms with Crippen LogP contribution < -0.4 is 11.1 Å². The standard InChI is InChI=1S/C10H13BrN2O3S/c1-10(2,3)16-9(15)13-8-5(7(12)14)4-6(11)17-8/h4H,1-3H3,(H2,12,14)(H,13,15). The fourth-order valence-electron chi connectivity index (χ4n) is 1.03. The Balaban J connectivity index is 2.81. The van der Waals surface area contributed by atoms with Crippen LogP contribution in [0.3, 0.4) is 0 Å². The van der Waals surface area contributed by atoms with Gasteiger partial charge < -0.3 is 10.5 Å². The fourth-order valence-corrected chi connectivity index (χ4v) is 2.52. The van der Waals surface area contributed by atoms with Gasteiger partial charge in [0.05, 0.1) is 9.35 Å². The van der Waals surface area contributed by atoms with Crippen LogP contribution in [0.1, 0.15) is 31.1 Å². The maximum Gasteiger partial charge on any atom is 0.412 e. The molecule has 0 aliphatic heterocycles. The van der Waals surface area contributed by atoms with Crippen LogP contribution in [0.4, 0.5) is 9.80 Å². The third-order valence-corrected chi connectivity index (χ3v) is 3.14. The van der Waals surface area contributed by atoms with Crippen LogP contribution in [0.15, 0.2) is 9.85 Å². The van der Waals surface area contributed by atoms with E-state index in [0.717, 1.165) is 0 Å². The van der Waals surface area contributed by atoms with E-state index >= 15 is 0 Å². The first-order valence-corrected chi connectivity index (χ1v) is 6.39. The lowest BCUT2D eigenvalue weighted by molar-refractivity contribution is 0.0636. The zero-order valence-corrected chi connectivity index (χ0v) is 12.1. The Kier molecular flexibility index (Phi) is 4.16. The van der Waals surface area contributed by atoms with Crippen LogP contribution in [0.2, 0.25) is 0 Å². The number of halogens is 1. The first-order valence-electron chi connectivity index (χ1n) is 4.78. The molecule has 0 saturated carbocycles. The number of nitrogens with two attached hydrogens (primary N) is 1. The molecule has 94 valence electrons. The Morgan fingerprint density at radius 2 is 2.06 bits per heavy atom. The molecule has 0 fully saturated rings. The summed E-state index contributed by atoms with van der Waals surface area (Å²) in [5.41, 5.74) is 4.85. The Hall–Kier alpha value is -1.08. The van der Waals surface area contributed by atoms with Gasteiger partial charge in [-0.3, -0.25) is 10.1 Å². The molecule has 0 aliphatic rings. The van der Waals surface area contributed by atoms with Crippen molar-refractivity contribution < 1.29 is 14.3 Å². The molecule has 1 rings (SSSR count). The summed E-state index contributed by atoms with van der Waals surface area (Å²) in [7, 11) is 0. The summed E-state index contributed by atoms with van der Waals surface area (Å²) in [6.45, 7) is 5.27. The van der Waals surface area contributed by atoms with Gasteiger partial charge in [-0.15, -0.1) is 11.3 Å². The van der Waals surface area contributed by atoms with Crippen LogP contribution in [-0.2, 0) is 4.74 Å². The molecule has 0 unspecified atom stereocenters. The van der Waals surface area contributed by atoms with Crippen LogP contribution in [0.25, 0.3) is 0 Å². The third-order valence-electron chi connectivity index (χ3n) is 1.58. The van der Waals surface area contributed by atoms with E-state index in [-0.39, 0.29) is 5.56 Å². The molecule has 7 heteroatoms. The zero-order valence-electron chi connectivity index (χ0n) is 9.67. The molecule has 0 atom stereocenters. The number of carbonyl (C=O) groups excluding carboxylic acids is 2. The maximum absolute atomic E-state index is 11.5. The third kappa shape index (κ3) is 4.35. The Labute approximate surface area is 111 Å². The highest BCUT2D eigenvalue weighted by Gasteiger charge is 2.19. The number of anilines is 1. The second-order valence-electron chi connectivity index (χ2n) is 4.28. The van der Waals surface area contributed by atoms with Crippen molar-refractivity contribution in [2.24, 2.45) is 5.73 Å². The number of primary amides is 1. The largest absolute Gasteiger partial charge is 0.444 e. The summed E-state index contributed by atoms with van der Waals surface area (Å²) >= 11 is 4.42. The van der Waals surface area contributed by atoms with Gasteiger partial charge in [-0.05, 0) is 42.8 Å². The number of carbonyl (C=O) groups is 2. The number of hydrogen-bond donors (Lipinski definition) is 2. The highest BCUT2D eigenvalue weighted by molar-refractivity contribution is 9.11. The second-order valence-corrected chi connectivity index (χ2v) is 6.72. The van der Waals surface area contributed by atoms with E-state index in [1.54, 1.807) is 26.8 Å². The molecule has 5 nitrogen and oxygen atoms in total. The minimum atomic E-state index is -0.616. The summed E-state index contributed by atoms with van der Waals surface area (Å²) in [6.07, 6.45) is -0.616. The molecular formula is C10H13BrN2O3S. The van der Waals surface area contributed by atoms with Gasteiger partial charge in [-0.2, -0.15) is 0 Å². The predicted octanol–water partition coefficient (Wildman–Crippen LogP) is 2.96. The number of amides is 2. The van der Waals surface area contributed by atoms with Crippen molar-refractivity contribution in [3.63, 3.8) is 0 Å². The minimum absolute atomic E-state index is 0.257. The van der Waals surface area contributed by atoms with Gasteiger partial charge in [0.2, 0.25) is 0 Å². The zero-order chi connectivity index (χ0) is 13.2. The van der Waals surface area contributed by atoms with Crippen molar-refractivity contribution >= 4 is 44.3 Å². The summed E-state index contributed by atoms with van der Waals surface area (Å²) in [5, 5.41) is 2.87. The normalized spacial score (nSPS) is 11.1. The summed E-state index contributed by atoms with van der Waals surface area (Å²) < 4.78 is 5.78. The number of hydrogen-bond acceptors (Lipinski definition) is 4. The molecule has 17 heavy (non-hydrogen) atoms. The Morgan fingerprint density at radius 1 is 1.47 bits per heavy atom. The molecule has 3 N–H and O–H groups in total. The number of nitrogens with one attached hydrogen (secondary N) is 1. The lowest BCUT2D eigenvalue weighted by Gasteiger charge is -2.19. The SMILES string of the molecule is CC(C)(C)OC(=O)Nc1sc(Br)cc1C(N)=O. The monoisotopic (exact) mass is 320 g/mol. The molecule has 0 aliphatic carbocycles. The van der Waals surface area contributed by atoms with Gasteiger partial charge in [0.15, 0.2) is 0 Å². The van der Waals surface area contributed by atoms with Crippen molar-refractivity contribution in [2.45, 2.75) is 26.4 Å². The van der Waals surface area contributed by atoms with Crippen molar-refractivity contribution in [1.29, 1.82) is 0 Å². The smallest absolute Gasteiger partial charge is 0.412 e. The van der Waals surface area contributed by atoms with Crippen LogP contribution >= 0.6 is 27.3 Å². The molecule has 0 radical (unpaired) electrons. The van der Waals surface area contributed by atoms with Gasteiger partial charge in [-0.1, -0.05) is 0 Å². The van der Waals surface area contributed by atoms with Gasteiger partial charge >= 0.3 is 6.09 Å². The molecule has 1 heterocycles. The molecule has 0 bridgehead atoms. The molecule has 1 aromatic rings. The van der Waals surface area contributed by atoms with Crippen LogP contribution in [0.5, 0.6) is 0 Å². The van der Waals surface area contributed by atoms with E-state index in [0.29, 0.717) is 8.79 Å². The summed E-state index contributed by atoms with van der Waals surface area (Å²) in [6, 6.07) is 1.56. The van der Waals surface area contributed by atoms with Gasteiger partial charge in [-0.25, -0.2) is 4.79 Å². The molecule has 1 aromatic heterocycles.